The topological polar surface area (TPSA) is 71.4 Å². The molecule has 10 heavy (non-hydrogen) atoms. The fourth-order valence-corrected chi connectivity index (χ4v) is 1.04. The van der Waals surface area contributed by atoms with E-state index in [4.69, 9.17) is 4.55 Å². The number of Topliss-reactive ketones (excluding diaryl/α,β-unsaturated/α-hetero) is 1. The van der Waals surface area contributed by atoms with Crippen LogP contribution in [0.1, 0.15) is 13.8 Å². The van der Waals surface area contributed by atoms with Gasteiger partial charge in [-0.15, -0.1) is 0 Å². The lowest BCUT2D eigenvalue weighted by Gasteiger charge is -1.99. The molecule has 0 saturated carbocycles. The molecule has 60 valence electrons. The van der Waals surface area contributed by atoms with Crippen molar-refractivity contribution in [2.24, 2.45) is 5.92 Å². The van der Waals surface area contributed by atoms with Crippen LogP contribution in [0.4, 0.5) is 0 Å². The highest BCUT2D eigenvalue weighted by Crippen LogP contribution is 1.96. The number of carbonyl (C=O) groups is 1. The summed E-state index contributed by atoms with van der Waals surface area (Å²) < 4.78 is 28.4. The van der Waals surface area contributed by atoms with Crippen molar-refractivity contribution >= 4 is 15.9 Å². The van der Waals surface area contributed by atoms with Crippen LogP contribution in [0.2, 0.25) is 0 Å². The molecule has 0 aliphatic rings. The van der Waals surface area contributed by atoms with Crippen LogP contribution in [0, 0.1) is 5.92 Å². The fraction of sp³-hybridized carbons (Fsp3) is 0.800. The number of ketones is 1. The Morgan fingerprint density at radius 2 is 1.90 bits per heavy atom. The van der Waals surface area contributed by atoms with Crippen molar-refractivity contribution in [1.29, 1.82) is 0 Å². The normalized spacial score (nSPS) is 12.0. The van der Waals surface area contributed by atoms with Gasteiger partial charge in [0.1, 0.15) is 5.75 Å². The molecule has 0 radical (unpaired) electrons. The van der Waals surface area contributed by atoms with E-state index in [1.807, 2.05) is 0 Å². The lowest BCUT2D eigenvalue weighted by Crippen LogP contribution is -2.19. The van der Waals surface area contributed by atoms with Crippen molar-refractivity contribution in [2.75, 3.05) is 5.75 Å². The van der Waals surface area contributed by atoms with Gasteiger partial charge in [-0.25, -0.2) is 0 Å². The Bertz CT molecular complexity index is 214. The third-order valence-corrected chi connectivity index (χ3v) is 1.62. The molecule has 0 amide bonds. The maximum atomic E-state index is 10.6. The first-order valence-electron chi connectivity index (χ1n) is 2.81. The number of carbonyl (C=O) groups excluding carboxylic acids is 1. The second kappa shape index (κ2) is 3.12. The van der Waals surface area contributed by atoms with Crippen molar-refractivity contribution in [3.8, 4) is 0 Å². The molecular weight excluding hydrogens is 156 g/mol. The Hall–Kier alpha value is -0.420. The van der Waals surface area contributed by atoms with Crippen molar-refractivity contribution < 1.29 is 17.8 Å². The molecule has 4 nitrogen and oxygen atoms in total. The molecule has 0 aromatic heterocycles. The van der Waals surface area contributed by atoms with Crippen molar-refractivity contribution in [2.45, 2.75) is 13.8 Å². The Morgan fingerprint density at radius 1 is 1.50 bits per heavy atom. The number of hydrogen-bond donors (Lipinski definition) is 1. The standard InChI is InChI=1S/C5H10O4S/c1-4(2)5(6)3-10(7,8)9/h4H,3H2,1-2H3,(H,7,8,9). The van der Waals surface area contributed by atoms with Crippen LogP contribution in [0.25, 0.3) is 0 Å². The Balaban J connectivity index is 4.07. The average Bonchev–Trinajstić information content (AvgIpc) is 1.60. The predicted octanol–water partition coefficient (Wildman–Crippen LogP) is 0.0993. The Kier molecular flexibility index (Phi) is 2.98. The zero-order valence-electron chi connectivity index (χ0n) is 5.86. The Labute approximate surface area is 60.0 Å². The summed E-state index contributed by atoms with van der Waals surface area (Å²) in [5.74, 6) is -1.59. The Morgan fingerprint density at radius 3 is 2.00 bits per heavy atom. The maximum absolute atomic E-state index is 10.6. The average molecular weight is 166 g/mol. The molecule has 0 spiro atoms. The lowest BCUT2D eigenvalue weighted by molar-refractivity contribution is -0.119. The van der Waals surface area contributed by atoms with E-state index in [-0.39, 0.29) is 5.92 Å². The van der Waals surface area contributed by atoms with Gasteiger partial charge in [0.05, 0.1) is 0 Å². The fourth-order valence-electron chi connectivity index (χ4n) is 0.346. The maximum Gasteiger partial charge on any atom is 0.272 e. The molecule has 0 unspecified atom stereocenters. The quantitative estimate of drug-likeness (QED) is 0.603. The summed E-state index contributed by atoms with van der Waals surface area (Å²) in [5, 5.41) is 0. The zero-order chi connectivity index (χ0) is 8.36. The predicted molar refractivity (Wildman–Crippen MR) is 36.3 cm³/mol. The highest BCUT2D eigenvalue weighted by molar-refractivity contribution is 7.86. The third kappa shape index (κ3) is 4.46. The lowest BCUT2D eigenvalue weighted by atomic mass is 10.1. The second-order valence-corrected chi connectivity index (χ2v) is 3.80. The summed E-state index contributed by atoms with van der Waals surface area (Å²) in [6.07, 6.45) is 0. The number of rotatable bonds is 3. The molecular formula is C5H10O4S. The summed E-state index contributed by atoms with van der Waals surface area (Å²) >= 11 is 0. The molecule has 0 aliphatic carbocycles. The minimum absolute atomic E-state index is 0.345. The van der Waals surface area contributed by atoms with E-state index in [1.54, 1.807) is 13.8 Å². The van der Waals surface area contributed by atoms with Crippen LogP contribution in [0.15, 0.2) is 0 Å². The summed E-state index contributed by atoms with van der Waals surface area (Å²) in [5.41, 5.74) is 0. The molecule has 0 aromatic carbocycles. The van der Waals surface area contributed by atoms with Gasteiger partial charge in [0.2, 0.25) is 0 Å². The summed E-state index contributed by atoms with van der Waals surface area (Å²) in [4.78, 5) is 10.6. The van der Waals surface area contributed by atoms with Crippen LogP contribution >= 0.6 is 0 Å². The van der Waals surface area contributed by atoms with Crippen molar-refractivity contribution in [1.82, 2.24) is 0 Å². The minimum Gasteiger partial charge on any atom is -0.298 e. The van der Waals surface area contributed by atoms with E-state index >= 15 is 0 Å². The van der Waals surface area contributed by atoms with Gasteiger partial charge in [-0.1, -0.05) is 13.8 Å². The molecule has 1 N–H and O–H groups in total. The van der Waals surface area contributed by atoms with Crippen LogP contribution in [0.3, 0.4) is 0 Å². The SMILES string of the molecule is CC(C)C(=O)CS(=O)(=O)O. The van der Waals surface area contributed by atoms with Gasteiger partial charge in [0.15, 0.2) is 5.78 Å². The van der Waals surface area contributed by atoms with Gasteiger partial charge in [-0.05, 0) is 0 Å². The van der Waals surface area contributed by atoms with E-state index in [2.05, 4.69) is 0 Å². The second-order valence-electron chi connectivity index (χ2n) is 2.35. The van der Waals surface area contributed by atoms with Crippen LogP contribution < -0.4 is 0 Å². The molecule has 0 saturated heterocycles. The minimum atomic E-state index is -4.12. The van der Waals surface area contributed by atoms with Gasteiger partial charge < -0.3 is 0 Å². The molecule has 0 atom stereocenters. The highest BCUT2D eigenvalue weighted by atomic mass is 32.2. The molecule has 0 heterocycles. The molecule has 0 bridgehead atoms. The van der Waals surface area contributed by atoms with Gasteiger partial charge in [0.25, 0.3) is 10.1 Å². The van der Waals surface area contributed by atoms with E-state index in [0.717, 1.165) is 0 Å². The molecule has 0 aromatic rings. The monoisotopic (exact) mass is 166 g/mol. The van der Waals surface area contributed by atoms with E-state index < -0.39 is 21.7 Å². The third-order valence-electron chi connectivity index (χ3n) is 0.969. The zero-order valence-corrected chi connectivity index (χ0v) is 6.68. The molecule has 0 aliphatic heterocycles. The molecule has 0 rings (SSSR count). The van der Waals surface area contributed by atoms with Gasteiger partial charge in [0, 0.05) is 5.92 Å². The van der Waals surface area contributed by atoms with Crippen LogP contribution in [-0.4, -0.2) is 24.5 Å². The van der Waals surface area contributed by atoms with Gasteiger partial charge in [-0.2, -0.15) is 8.42 Å². The van der Waals surface area contributed by atoms with E-state index in [0.29, 0.717) is 0 Å². The summed E-state index contributed by atoms with van der Waals surface area (Å²) in [6.45, 7) is 3.15. The van der Waals surface area contributed by atoms with Gasteiger partial charge in [-0.3, -0.25) is 9.35 Å². The summed E-state index contributed by atoms with van der Waals surface area (Å²) in [7, 11) is -4.12. The van der Waals surface area contributed by atoms with E-state index in [1.165, 1.54) is 0 Å². The highest BCUT2D eigenvalue weighted by Gasteiger charge is 2.15. The first kappa shape index (κ1) is 9.58. The largest absolute Gasteiger partial charge is 0.298 e. The van der Waals surface area contributed by atoms with Crippen molar-refractivity contribution in [3.05, 3.63) is 0 Å². The number of hydrogen-bond acceptors (Lipinski definition) is 3. The first-order valence-corrected chi connectivity index (χ1v) is 4.41. The smallest absolute Gasteiger partial charge is 0.272 e. The molecule has 5 heteroatoms. The first-order chi connectivity index (χ1) is 4.33. The molecule has 0 fully saturated rings. The van der Waals surface area contributed by atoms with Crippen LogP contribution in [0.5, 0.6) is 0 Å². The van der Waals surface area contributed by atoms with E-state index in [9.17, 15) is 13.2 Å². The van der Waals surface area contributed by atoms with Crippen LogP contribution in [-0.2, 0) is 14.9 Å². The summed E-state index contributed by atoms with van der Waals surface area (Å²) in [6, 6.07) is 0. The van der Waals surface area contributed by atoms with Gasteiger partial charge >= 0.3 is 0 Å². The van der Waals surface area contributed by atoms with Crippen molar-refractivity contribution in [3.63, 3.8) is 0 Å².